The highest BCUT2D eigenvalue weighted by atomic mass is 14.4. The average Bonchev–Trinajstić information content (AvgIpc) is 2.41. The number of rotatable bonds is 0. The summed E-state index contributed by atoms with van der Waals surface area (Å²) in [4.78, 5) is 0. The van der Waals surface area contributed by atoms with Crippen molar-refractivity contribution in [3.05, 3.63) is 6.42 Å². The van der Waals surface area contributed by atoms with Gasteiger partial charge >= 0.3 is 0 Å². The van der Waals surface area contributed by atoms with Gasteiger partial charge in [-0.2, -0.15) is 0 Å². The molecule has 0 bridgehead atoms. The molecule has 0 N–H and O–H groups in total. The van der Waals surface area contributed by atoms with Crippen molar-refractivity contribution < 1.29 is 0 Å². The zero-order valence-corrected chi connectivity index (χ0v) is 4.56. The molecule has 0 aliphatic heterocycles. The highest BCUT2D eigenvalue weighted by molar-refractivity contribution is 4.99. The number of hydrogen-bond donors (Lipinski definition) is 0. The molecule has 0 aromatic heterocycles. The van der Waals surface area contributed by atoms with Crippen molar-refractivity contribution in [3.8, 4) is 0 Å². The molecule has 1 radical (unpaired) electrons. The van der Waals surface area contributed by atoms with Crippen LogP contribution in [0.5, 0.6) is 0 Å². The highest BCUT2D eigenvalue weighted by Gasteiger charge is 2.38. The van der Waals surface area contributed by atoms with Crippen LogP contribution in [-0.4, -0.2) is 0 Å². The summed E-state index contributed by atoms with van der Waals surface area (Å²) in [7, 11) is 0. The largest absolute Gasteiger partial charge is 0.0527 e. The summed E-state index contributed by atoms with van der Waals surface area (Å²) in [6.07, 6.45) is 8.44. The van der Waals surface area contributed by atoms with Crippen LogP contribution < -0.4 is 0 Å². The van der Waals surface area contributed by atoms with Crippen molar-refractivity contribution in [2.24, 2.45) is 11.8 Å². The number of hydrogen-bond acceptors (Lipinski definition) is 0. The van der Waals surface area contributed by atoms with E-state index in [9.17, 15) is 0 Å². The molecule has 0 saturated heterocycles. The lowest BCUT2D eigenvalue weighted by atomic mass is 10.0. The second-order valence-corrected chi connectivity index (χ2v) is 2.83. The Morgan fingerprint density at radius 3 is 3.00 bits per heavy atom. The van der Waals surface area contributed by atoms with Gasteiger partial charge in [0, 0.05) is 0 Å². The Morgan fingerprint density at radius 2 is 2.43 bits per heavy atom. The third kappa shape index (κ3) is 0.568. The lowest BCUT2D eigenvalue weighted by Gasteiger charge is -2.04. The normalized spacial score (nSPS) is 48.0. The minimum atomic E-state index is 1.08. The molecule has 0 spiro atoms. The molecule has 0 amide bonds. The van der Waals surface area contributed by atoms with Gasteiger partial charge in [-0.05, 0) is 31.1 Å². The molecule has 2 saturated carbocycles. The van der Waals surface area contributed by atoms with Gasteiger partial charge in [0.25, 0.3) is 0 Å². The van der Waals surface area contributed by atoms with Gasteiger partial charge in [-0.25, -0.2) is 0 Å². The maximum Gasteiger partial charge on any atom is -0.0352 e. The molecule has 2 aliphatic carbocycles. The SMILES string of the molecule is [CH]1CCCC2CC12. The fourth-order valence-electron chi connectivity index (χ4n) is 1.60. The second-order valence-electron chi connectivity index (χ2n) is 2.83. The van der Waals surface area contributed by atoms with E-state index in [1.165, 1.54) is 25.7 Å². The van der Waals surface area contributed by atoms with Crippen LogP contribution in [0.25, 0.3) is 0 Å². The Labute approximate surface area is 44.9 Å². The molecule has 0 aromatic rings. The van der Waals surface area contributed by atoms with E-state index in [0.717, 1.165) is 11.8 Å². The minimum absolute atomic E-state index is 1.08. The van der Waals surface area contributed by atoms with Crippen molar-refractivity contribution in [3.63, 3.8) is 0 Å². The Balaban J connectivity index is 1.95. The topological polar surface area (TPSA) is 0 Å². The molecule has 2 unspecified atom stereocenters. The first-order valence-electron chi connectivity index (χ1n) is 3.30. The summed E-state index contributed by atoms with van der Waals surface area (Å²) in [6.45, 7) is 0. The van der Waals surface area contributed by atoms with E-state index >= 15 is 0 Å². The van der Waals surface area contributed by atoms with E-state index in [2.05, 4.69) is 6.42 Å². The van der Waals surface area contributed by atoms with Gasteiger partial charge in [0.1, 0.15) is 0 Å². The summed E-state index contributed by atoms with van der Waals surface area (Å²) < 4.78 is 0. The lowest BCUT2D eigenvalue weighted by Crippen LogP contribution is -1.92. The molecule has 7 heavy (non-hydrogen) atoms. The highest BCUT2D eigenvalue weighted by Crippen LogP contribution is 2.48. The molecule has 0 aromatic carbocycles. The fraction of sp³-hybridized carbons (Fsp3) is 0.857. The molecule has 2 atom stereocenters. The zero-order chi connectivity index (χ0) is 4.69. The van der Waals surface area contributed by atoms with Crippen LogP contribution in [-0.2, 0) is 0 Å². The van der Waals surface area contributed by atoms with Crippen LogP contribution in [0.2, 0.25) is 0 Å². The predicted molar refractivity (Wildman–Crippen MR) is 29.7 cm³/mol. The fourth-order valence-corrected chi connectivity index (χ4v) is 1.60. The van der Waals surface area contributed by atoms with Crippen LogP contribution in [0.15, 0.2) is 0 Å². The van der Waals surface area contributed by atoms with Crippen molar-refractivity contribution in [2.75, 3.05) is 0 Å². The van der Waals surface area contributed by atoms with Crippen LogP contribution in [0.1, 0.15) is 25.7 Å². The molecular formula is C7H11. The van der Waals surface area contributed by atoms with E-state index in [0.29, 0.717) is 0 Å². The summed E-state index contributed by atoms with van der Waals surface area (Å²) >= 11 is 0. The minimum Gasteiger partial charge on any atom is -0.0527 e. The summed E-state index contributed by atoms with van der Waals surface area (Å²) in [5, 5.41) is 0. The molecule has 2 fully saturated rings. The van der Waals surface area contributed by atoms with E-state index in [-0.39, 0.29) is 0 Å². The van der Waals surface area contributed by atoms with Gasteiger partial charge < -0.3 is 0 Å². The molecule has 2 rings (SSSR count). The van der Waals surface area contributed by atoms with Gasteiger partial charge in [0.05, 0.1) is 0 Å². The van der Waals surface area contributed by atoms with Crippen molar-refractivity contribution in [1.29, 1.82) is 0 Å². The Kier molecular flexibility index (Phi) is 0.697. The van der Waals surface area contributed by atoms with Gasteiger partial charge in [-0.15, -0.1) is 0 Å². The standard InChI is InChI=1S/C7H11/c1-2-4-7-5-6(7)3-1/h3,6-7H,1-2,4-5H2. The average molecular weight is 95.2 g/mol. The van der Waals surface area contributed by atoms with E-state index in [1.807, 2.05) is 0 Å². The second kappa shape index (κ2) is 1.24. The third-order valence-electron chi connectivity index (χ3n) is 2.23. The first-order chi connectivity index (χ1) is 3.47. The first kappa shape index (κ1) is 3.94. The molecule has 0 heterocycles. The zero-order valence-electron chi connectivity index (χ0n) is 4.56. The van der Waals surface area contributed by atoms with E-state index < -0.39 is 0 Å². The van der Waals surface area contributed by atoms with Gasteiger partial charge in [0.15, 0.2) is 0 Å². The van der Waals surface area contributed by atoms with Crippen LogP contribution in [0, 0.1) is 18.3 Å². The summed E-state index contributed by atoms with van der Waals surface area (Å²) in [5.41, 5.74) is 0. The van der Waals surface area contributed by atoms with Crippen LogP contribution >= 0.6 is 0 Å². The molecular weight excluding hydrogens is 84.1 g/mol. The van der Waals surface area contributed by atoms with Crippen molar-refractivity contribution in [2.45, 2.75) is 25.7 Å². The maximum absolute atomic E-state index is 2.51. The molecule has 0 heteroatoms. The van der Waals surface area contributed by atoms with Crippen molar-refractivity contribution in [1.82, 2.24) is 0 Å². The first-order valence-corrected chi connectivity index (χ1v) is 3.30. The van der Waals surface area contributed by atoms with Gasteiger partial charge in [-0.1, -0.05) is 12.8 Å². The summed E-state index contributed by atoms with van der Waals surface area (Å²) in [6, 6.07) is 0. The predicted octanol–water partition coefficient (Wildman–Crippen LogP) is 2.01. The Bertz CT molecular complexity index is 66.1. The smallest absolute Gasteiger partial charge is 0.0352 e. The molecule has 2 aliphatic rings. The summed E-state index contributed by atoms with van der Waals surface area (Å²) in [5.74, 6) is 2.22. The third-order valence-corrected chi connectivity index (χ3v) is 2.23. The lowest BCUT2D eigenvalue weighted by molar-refractivity contribution is 0.564. The molecule has 0 nitrogen and oxygen atoms in total. The Hall–Kier alpha value is 0. The van der Waals surface area contributed by atoms with Crippen LogP contribution in [0.3, 0.4) is 0 Å². The number of fused-ring (bicyclic) bond motifs is 1. The monoisotopic (exact) mass is 95.1 g/mol. The quantitative estimate of drug-likeness (QED) is 0.431. The maximum atomic E-state index is 2.51. The van der Waals surface area contributed by atoms with Crippen molar-refractivity contribution >= 4 is 0 Å². The van der Waals surface area contributed by atoms with E-state index in [4.69, 9.17) is 0 Å². The van der Waals surface area contributed by atoms with Gasteiger partial charge in [-0.3, -0.25) is 0 Å². The van der Waals surface area contributed by atoms with Gasteiger partial charge in [0.2, 0.25) is 0 Å². The Morgan fingerprint density at radius 1 is 1.43 bits per heavy atom. The van der Waals surface area contributed by atoms with Crippen LogP contribution in [0.4, 0.5) is 0 Å². The molecule has 39 valence electrons. The van der Waals surface area contributed by atoms with E-state index in [1.54, 1.807) is 0 Å².